The lowest BCUT2D eigenvalue weighted by Crippen LogP contribution is -2.53. The van der Waals surface area contributed by atoms with Gasteiger partial charge in [-0.3, -0.25) is 14.4 Å². The van der Waals surface area contributed by atoms with Crippen molar-refractivity contribution in [3.05, 3.63) is 35.4 Å². The van der Waals surface area contributed by atoms with E-state index in [4.69, 9.17) is 19.3 Å². The van der Waals surface area contributed by atoms with E-state index >= 15 is 0 Å². The Hall–Kier alpha value is -4.16. The fraction of sp³-hybridized carbons (Fsp3) is 0.684. The van der Waals surface area contributed by atoms with E-state index in [1.54, 1.807) is 62.3 Å². The number of benzene rings is 1. The summed E-state index contributed by atoms with van der Waals surface area (Å²) >= 11 is 0. The molecule has 288 valence electrons. The SMILES string of the molecule is CC(C)(C)OC(=O)CC[C@H](NC(=O)N[C@@H](CCCCNC(=O)Cc1ccc(CCCCCC(=O)O)cc1)C(=O)OC(C)(C)C)C(=O)OC(C)(C)C. The lowest BCUT2D eigenvalue weighted by molar-refractivity contribution is -0.159. The van der Waals surface area contributed by atoms with E-state index in [1.165, 1.54) is 0 Å². The summed E-state index contributed by atoms with van der Waals surface area (Å²) in [6.45, 7) is 15.8. The molecule has 0 aliphatic rings. The van der Waals surface area contributed by atoms with Gasteiger partial charge in [0.1, 0.15) is 28.9 Å². The van der Waals surface area contributed by atoms with Gasteiger partial charge in [0.05, 0.1) is 6.42 Å². The highest BCUT2D eigenvalue weighted by molar-refractivity contribution is 5.87. The highest BCUT2D eigenvalue weighted by Crippen LogP contribution is 2.15. The van der Waals surface area contributed by atoms with Gasteiger partial charge in [0.15, 0.2) is 0 Å². The second kappa shape index (κ2) is 21.3. The lowest BCUT2D eigenvalue weighted by Gasteiger charge is -2.27. The van der Waals surface area contributed by atoms with E-state index in [0.717, 1.165) is 30.4 Å². The minimum absolute atomic E-state index is 0.0750. The summed E-state index contributed by atoms with van der Waals surface area (Å²) in [6.07, 6.45) is 4.67. The van der Waals surface area contributed by atoms with Gasteiger partial charge < -0.3 is 35.3 Å². The van der Waals surface area contributed by atoms with Crippen LogP contribution in [0.3, 0.4) is 0 Å². The molecule has 0 spiro atoms. The first-order valence-electron chi connectivity index (χ1n) is 17.8. The molecule has 0 unspecified atom stereocenters. The van der Waals surface area contributed by atoms with Crippen molar-refractivity contribution >= 4 is 35.8 Å². The number of unbranched alkanes of at least 4 members (excludes halogenated alkanes) is 3. The number of carboxylic acids is 1. The van der Waals surface area contributed by atoms with Gasteiger partial charge >= 0.3 is 29.9 Å². The van der Waals surface area contributed by atoms with Crippen LogP contribution in [0.15, 0.2) is 24.3 Å². The molecule has 0 bridgehead atoms. The second-order valence-electron chi connectivity index (χ2n) is 15.7. The number of esters is 3. The molecule has 0 saturated carbocycles. The number of amides is 3. The molecule has 0 saturated heterocycles. The summed E-state index contributed by atoms with van der Waals surface area (Å²) in [4.78, 5) is 74.6. The van der Waals surface area contributed by atoms with E-state index in [1.807, 2.05) is 24.3 Å². The number of hydrogen-bond acceptors (Lipinski definition) is 9. The Kier molecular flexibility index (Phi) is 18.7. The highest BCUT2D eigenvalue weighted by atomic mass is 16.6. The molecule has 2 atom stereocenters. The summed E-state index contributed by atoms with van der Waals surface area (Å²) in [7, 11) is 0. The number of carbonyl (C=O) groups excluding carboxylic acids is 5. The Morgan fingerprint density at radius 2 is 1.14 bits per heavy atom. The predicted octanol–water partition coefficient (Wildman–Crippen LogP) is 5.54. The number of aliphatic carboxylic acids is 1. The molecule has 1 rings (SSSR count). The standard InChI is InChI=1S/C38H61N3O10/c1-36(2,3)49-32(45)23-22-29(34(47)51-38(7,8)9)41-35(48)40-28(33(46)50-37(4,5)6)16-13-14-24-39-30(42)25-27-20-18-26(19-21-27)15-11-10-12-17-31(43)44/h18-21,28-29H,10-17,22-25H2,1-9H3,(H,39,42)(H,43,44)(H2,40,41,48)/t28-,29-/m0/s1. The van der Waals surface area contributed by atoms with Crippen LogP contribution >= 0.6 is 0 Å². The number of rotatable bonds is 20. The largest absolute Gasteiger partial charge is 0.481 e. The molecule has 0 aliphatic heterocycles. The van der Waals surface area contributed by atoms with Gasteiger partial charge in [-0.2, -0.15) is 0 Å². The predicted molar refractivity (Wildman–Crippen MR) is 193 cm³/mol. The monoisotopic (exact) mass is 719 g/mol. The first-order valence-corrected chi connectivity index (χ1v) is 17.8. The van der Waals surface area contributed by atoms with Gasteiger partial charge in [0.2, 0.25) is 5.91 Å². The molecular weight excluding hydrogens is 658 g/mol. The van der Waals surface area contributed by atoms with Crippen LogP contribution in [-0.4, -0.2) is 76.4 Å². The average molecular weight is 720 g/mol. The van der Waals surface area contributed by atoms with Gasteiger partial charge in [0.25, 0.3) is 0 Å². The first-order chi connectivity index (χ1) is 23.5. The zero-order valence-corrected chi connectivity index (χ0v) is 32.1. The molecule has 51 heavy (non-hydrogen) atoms. The molecule has 13 heteroatoms. The van der Waals surface area contributed by atoms with Gasteiger partial charge in [-0.25, -0.2) is 14.4 Å². The summed E-state index contributed by atoms with van der Waals surface area (Å²) in [6, 6.07) is 4.77. The van der Waals surface area contributed by atoms with Crippen LogP contribution in [0.25, 0.3) is 0 Å². The Morgan fingerprint density at radius 3 is 1.65 bits per heavy atom. The highest BCUT2D eigenvalue weighted by Gasteiger charge is 2.31. The van der Waals surface area contributed by atoms with Crippen molar-refractivity contribution in [2.24, 2.45) is 0 Å². The van der Waals surface area contributed by atoms with Crippen molar-refractivity contribution in [2.45, 2.75) is 162 Å². The third-order valence-electron chi connectivity index (χ3n) is 7.04. The van der Waals surface area contributed by atoms with Gasteiger partial charge in [-0.1, -0.05) is 30.7 Å². The summed E-state index contributed by atoms with van der Waals surface area (Å²) in [5, 5.41) is 16.8. The molecular formula is C38H61N3O10. The molecule has 1 aromatic rings. The van der Waals surface area contributed by atoms with Crippen LogP contribution in [0.5, 0.6) is 0 Å². The summed E-state index contributed by atoms with van der Waals surface area (Å²) in [5.74, 6) is -2.83. The molecule has 0 aliphatic carbocycles. The zero-order valence-electron chi connectivity index (χ0n) is 32.1. The van der Waals surface area contributed by atoms with Crippen LogP contribution in [0.1, 0.15) is 131 Å². The molecule has 0 fully saturated rings. The van der Waals surface area contributed by atoms with Crippen LogP contribution in [0.2, 0.25) is 0 Å². The summed E-state index contributed by atoms with van der Waals surface area (Å²) in [5.41, 5.74) is -0.359. The average Bonchev–Trinajstić information content (AvgIpc) is 2.96. The van der Waals surface area contributed by atoms with Crippen molar-refractivity contribution < 1.29 is 48.1 Å². The summed E-state index contributed by atoms with van der Waals surface area (Å²) < 4.78 is 16.3. The van der Waals surface area contributed by atoms with E-state index in [-0.39, 0.29) is 38.0 Å². The van der Waals surface area contributed by atoms with Crippen LogP contribution in [0.4, 0.5) is 4.79 Å². The van der Waals surface area contributed by atoms with E-state index < -0.39 is 58.8 Å². The Morgan fingerprint density at radius 1 is 0.627 bits per heavy atom. The maximum Gasteiger partial charge on any atom is 0.329 e. The Balaban J connectivity index is 2.71. The first kappa shape index (κ1) is 44.9. The third-order valence-corrected chi connectivity index (χ3v) is 7.04. The number of nitrogens with one attached hydrogen (secondary N) is 3. The minimum Gasteiger partial charge on any atom is -0.481 e. The second-order valence-corrected chi connectivity index (χ2v) is 15.7. The fourth-order valence-corrected chi connectivity index (χ4v) is 4.81. The molecule has 1 aromatic carbocycles. The zero-order chi connectivity index (χ0) is 38.8. The smallest absolute Gasteiger partial charge is 0.329 e. The van der Waals surface area contributed by atoms with Crippen molar-refractivity contribution in [2.75, 3.05) is 6.54 Å². The van der Waals surface area contributed by atoms with Crippen LogP contribution < -0.4 is 16.0 Å². The number of urea groups is 1. The van der Waals surface area contributed by atoms with E-state index in [2.05, 4.69) is 16.0 Å². The number of hydrogen-bond donors (Lipinski definition) is 4. The lowest BCUT2D eigenvalue weighted by atomic mass is 10.0. The van der Waals surface area contributed by atoms with Gasteiger partial charge in [0, 0.05) is 19.4 Å². The molecule has 0 radical (unpaired) electrons. The topological polar surface area (TPSA) is 186 Å². The number of aryl methyl sites for hydroxylation is 1. The van der Waals surface area contributed by atoms with Gasteiger partial charge in [-0.15, -0.1) is 0 Å². The van der Waals surface area contributed by atoms with Crippen LogP contribution in [0, 0.1) is 0 Å². The maximum absolute atomic E-state index is 13.1. The van der Waals surface area contributed by atoms with Crippen molar-refractivity contribution in [3.8, 4) is 0 Å². The molecule has 4 N–H and O–H groups in total. The molecule has 0 heterocycles. The van der Waals surface area contributed by atoms with Crippen molar-refractivity contribution in [1.82, 2.24) is 16.0 Å². The van der Waals surface area contributed by atoms with E-state index in [9.17, 15) is 28.8 Å². The normalized spacial score (nSPS) is 13.0. The number of carbonyl (C=O) groups is 6. The third kappa shape index (κ3) is 23.0. The van der Waals surface area contributed by atoms with Crippen molar-refractivity contribution in [3.63, 3.8) is 0 Å². The minimum atomic E-state index is -1.18. The maximum atomic E-state index is 13.1. The Labute approximate surface area is 303 Å². The number of ether oxygens (including phenoxy) is 3. The quantitative estimate of drug-likeness (QED) is 0.0757. The molecule has 13 nitrogen and oxygen atoms in total. The van der Waals surface area contributed by atoms with Crippen LogP contribution in [-0.2, 0) is 51.0 Å². The number of carboxylic acid groups (broad SMARTS) is 1. The molecule has 0 aromatic heterocycles. The fourth-order valence-electron chi connectivity index (χ4n) is 4.81. The van der Waals surface area contributed by atoms with E-state index in [0.29, 0.717) is 25.8 Å². The molecule has 3 amide bonds. The van der Waals surface area contributed by atoms with Gasteiger partial charge in [-0.05, 0) is 118 Å². The van der Waals surface area contributed by atoms with Crippen molar-refractivity contribution in [1.29, 1.82) is 0 Å². The Bertz CT molecular complexity index is 1290.